The molecule has 0 aromatic rings. The third-order valence-electron chi connectivity index (χ3n) is 1.88. The van der Waals surface area contributed by atoms with E-state index in [9.17, 15) is 0 Å². The van der Waals surface area contributed by atoms with E-state index in [2.05, 4.69) is 10.3 Å². The summed E-state index contributed by atoms with van der Waals surface area (Å²) in [5.41, 5.74) is 0. The first-order valence-corrected chi connectivity index (χ1v) is 3.81. The van der Waals surface area contributed by atoms with Gasteiger partial charge in [0.25, 0.3) is 0 Å². The fraction of sp³-hybridized carbons (Fsp3) is 0.667. The molecule has 12 heavy (non-hydrogen) atoms. The summed E-state index contributed by atoms with van der Waals surface area (Å²) in [4.78, 5) is 3.65. The molecule has 6 nitrogen and oxygen atoms in total. The van der Waals surface area contributed by atoms with Gasteiger partial charge in [-0.2, -0.15) is 0 Å². The standard InChI is InChI=1S/C6H10N4O2/c11-7-5(9-1-2-9)6(8-12)10-3-4-10/h11-12H,1-4H2. The first kappa shape index (κ1) is 7.20. The minimum Gasteiger partial charge on any atom is -0.409 e. The lowest BCUT2D eigenvalue weighted by Crippen LogP contribution is -2.29. The van der Waals surface area contributed by atoms with Crippen molar-refractivity contribution in [2.45, 2.75) is 0 Å². The largest absolute Gasteiger partial charge is 0.409 e. The van der Waals surface area contributed by atoms with Crippen molar-refractivity contribution < 1.29 is 10.4 Å². The van der Waals surface area contributed by atoms with Crippen LogP contribution in [0.2, 0.25) is 0 Å². The number of oxime groups is 2. The summed E-state index contributed by atoms with van der Waals surface area (Å²) in [6.45, 7) is 3.47. The quantitative estimate of drug-likeness (QED) is 0.164. The van der Waals surface area contributed by atoms with Crippen LogP contribution in [0.5, 0.6) is 0 Å². The SMILES string of the molecule is ON=C(C(=NO)N1CC1)N1CC1. The number of hydrogen-bond acceptors (Lipinski definition) is 4. The molecular weight excluding hydrogens is 160 g/mol. The van der Waals surface area contributed by atoms with Crippen molar-refractivity contribution in [3.8, 4) is 0 Å². The van der Waals surface area contributed by atoms with Crippen molar-refractivity contribution in [1.82, 2.24) is 9.80 Å². The van der Waals surface area contributed by atoms with Crippen molar-refractivity contribution in [3.05, 3.63) is 0 Å². The Kier molecular flexibility index (Phi) is 1.53. The van der Waals surface area contributed by atoms with Gasteiger partial charge in [-0.3, -0.25) is 0 Å². The molecule has 2 fully saturated rings. The summed E-state index contributed by atoms with van der Waals surface area (Å²) in [6, 6.07) is 0. The van der Waals surface area contributed by atoms with Gasteiger partial charge in [0.1, 0.15) is 0 Å². The molecule has 0 aromatic heterocycles. The summed E-state index contributed by atoms with van der Waals surface area (Å²) in [6.07, 6.45) is 0. The second-order valence-corrected chi connectivity index (χ2v) is 2.82. The molecule has 2 heterocycles. The molecule has 2 saturated heterocycles. The van der Waals surface area contributed by atoms with Crippen LogP contribution in [0, 0.1) is 0 Å². The lowest BCUT2D eigenvalue weighted by atomic mass is 10.5. The highest BCUT2D eigenvalue weighted by Gasteiger charge is 2.34. The molecule has 0 amide bonds. The molecule has 0 bridgehead atoms. The van der Waals surface area contributed by atoms with Crippen LogP contribution in [0.1, 0.15) is 0 Å². The van der Waals surface area contributed by atoms with Crippen LogP contribution in [0.4, 0.5) is 0 Å². The fourth-order valence-electron chi connectivity index (χ4n) is 1.02. The van der Waals surface area contributed by atoms with Crippen molar-refractivity contribution in [2.24, 2.45) is 10.3 Å². The molecule has 0 aromatic carbocycles. The summed E-state index contributed by atoms with van der Waals surface area (Å²) >= 11 is 0. The third-order valence-corrected chi connectivity index (χ3v) is 1.88. The average molecular weight is 170 g/mol. The van der Waals surface area contributed by atoms with E-state index in [1.54, 1.807) is 0 Å². The third kappa shape index (κ3) is 1.15. The van der Waals surface area contributed by atoms with E-state index in [0.29, 0.717) is 11.7 Å². The average Bonchev–Trinajstić information content (AvgIpc) is 2.85. The van der Waals surface area contributed by atoms with Crippen molar-refractivity contribution in [2.75, 3.05) is 26.2 Å². The Morgan fingerprint density at radius 1 is 0.833 bits per heavy atom. The molecule has 2 aliphatic heterocycles. The molecule has 66 valence electrons. The molecule has 0 atom stereocenters. The van der Waals surface area contributed by atoms with Gasteiger partial charge in [-0.15, -0.1) is 0 Å². The number of rotatable bonds is 0. The summed E-state index contributed by atoms with van der Waals surface area (Å²) < 4.78 is 0. The molecular formula is C6H10N4O2. The topological polar surface area (TPSA) is 71.2 Å². The molecule has 0 spiro atoms. The normalized spacial score (nSPS) is 23.0. The Labute approximate surface area is 69.4 Å². The van der Waals surface area contributed by atoms with E-state index >= 15 is 0 Å². The highest BCUT2D eigenvalue weighted by Crippen LogP contribution is 2.13. The summed E-state index contributed by atoms with van der Waals surface area (Å²) in [5.74, 6) is 0.741. The number of amidine groups is 2. The van der Waals surface area contributed by atoms with Gasteiger partial charge >= 0.3 is 0 Å². The van der Waals surface area contributed by atoms with Gasteiger partial charge in [-0.1, -0.05) is 10.3 Å². The van der Waals surface area contributed by atoms with Crippen LogP contribution >= 0.6 is 0 Å². The fourth-order valence-corrected chi connectivity index (χ4v) is 1.02. The summed E-state index contributed by atoms with van der Waals surface area (Å²) in [5, 5.41) is 23.5. The number of hydrogen-bond donors (Lipinski definition) is 2. The van der Waals surface area contributed by atoms with Crippen LogP contribution in [-0.2, 0) is 0 Å². The molecule has 0 aliphatic carbocycles. The number of nitrogens with zero attached hydrogens (tertiary/aromatic N) is 4. The minimum atomic E-state index is 0.370. The van der Waals surface area contributed by atoms with E-state index in [1.807, 2.05) is 9.80 Å². The van der Waals surface area contributed by atoms with Crippen LogP contribution in [-0.4, -0.2) is 58.1 Å². The zero-order valence-electron chi connectivity index (χ0n) is 6.51. The zero-order valence-corrected chi connectivity index (χ0v) is 6.51. The highest BCUT2D eigenvalue weighted by atomic mass is 16.4. The van der Waals surface area contributed by atoms with E-state index in [-0.39, 0.29) is 0 Å². The van der Waals surface area contributed by atoms with Crippen LogP contribution in [0.25, 0.3) is 0 Å². The van der Waals surface area contributed by atoms with Gasteiger partial charge in [0.2, 0.25) is 11.7 Å². The Morgan fingerprint density at radius 3 is 1.33 bits per heavy atom. The van der Waals surface area contributed by atoms with Crippen molar-refractivity contribution in [1.29, 1.82) is 0 Å². The monoisotopic (exact) mass is 170 g/mol. The Bertz CT molecular complexity index is 216. The molecule has 2 rings (SSSR count). The maximum Gasteiger partial charge on any atom is 0.214 e. The van der Waals surface area contributed by atoms with Crippen LogP contribution < -0.4 is 0 Å². The van der Waals surface area contributed by atoms with Crippen LogP contribution in [0.3, 0.4) is 0 Å². The lowest BCUT2D eigenvalue weighted by Gasteiger charge is -2.07. The van der Waals surface area contributed by atoms with Gasteiger partial charge in [-0.25, -0.2) is 0 Å². The molecule has 0 saturated carbocycles. The maximum absolute atomic E-state index is 8.64. The zero-order chi connectivity index (χ0) is 8.55. The Hall–Kier alpha value is -1.46. The first-order chi connectivity index (χ1) is 5.86. The molecule has 2 N–H and O–H groups in total. The lowest BCUT2D eigenvalue weighted by molar-refractivity contribution is 0.306. The smallest absolute Gasteiger partial charge is 0.214 e. The van der Waals surface area contributed by atoms with Gasteiger partial charge in [0.05, 0.1) is 0 Å². The maximum atomic E-state index is 8.64. The minimum absolute atomic E-state index is 0.370. The van der Waals surface area contributed by atoms with Gasteiger partial charge < -0.3 is 20.2 Å². The van der Waals surface area contributed by atoms with E-state index in [4.69, 9.17) is 10.4 Å². The molecule has 0 radical (unpaired) electrons. The molecule has 2 aliphatic rings. The Balaban J connectivity index is 2.12. The van der Waals surface area contributed by atoms with Crippen LogP contribution in [0.15, 0.2) is 10.3 Å². The van der Waals surface area contributed by atoms with E-state index < -0.39 is 0 Å². The van der Waals surface area contributed by atoms with Gasteiger partial charge in [-0.05, 0) is 0 Å². The molecule has 0 unspecified atom stereocenters. The van der Waals surface area contributed by atoms with Crippen molar-refractivity contribution >= 4 is 11.7 Å². The van der Waals surface area contributed by atoms with Gasteiger partial charge in [0.15, 0.2) is 0 Å². The first-order valence-electron chi connectivity index (χ1n) is 3.81. The van der Waals surface area contributed by atoms with E-state index in [1.165, 1.54) is 0 Å². The predicted molar refractivity (Wildman–Crippen MR) is 41.6 cm³/mol. The second kappa shape index (κ2) is 2.54. The highest BCUT2D eigenvalue weighted by molar-refractivity contribution is 6.40. The predicted octanol–water partition coefficient (Wildman–Crippen LogP) is -0.807. The van der Waals surface area contributed by atoms with Gasteiger partial charge in [0, 0.05) is 26.2 Å². The second-order valence-electron chi connectivity index (χ2n) is 2.82. The van der Waals surface area contributed by atoms with E-state index in [0.717, 1.165) is 26.2 Å². The Morgan fingerprint density at radius 2 is 1.17 bits per heavy atom. The van der Waals surface area contributed by atoms with Crippen molar-refractivity contribution in [3.63, 3.8) is 0 Å². The summed E-state index contributed by atoms with van der Waals surface area (Å²) in [7, 11) is 0. The molecule has 6 heteroatoms.